The second-order valence-corrected chi connectivity index (χ2v) is 27.2. The second-order valence-electron chi connectivity index (χ2n) is 16.4. The summed E-state index contributed by atoms with van der Waals surface area (Å²) < 4.78 is 13.7. The molecule has 0 amide bonds. The maximum Gasteiger partial charge on any atom is 0.192 e. The highest BCUT2D eigenvalue weighted by Gasteiger charge is 2.39. The fourth-order valence-electron chi connectivity index (χ4n) is 3.81. The SMILES string of the molecule is C#CC[C@@H](CC)O[Si](C)(C)C(C)(C)C.CC[C@H](CC#Cc1ccc(N)nc1)O[Si](C)(C)C(C)(C)C.Nc1ccc(C#CC[C@H](O)CO)cn1.Nc1ccc(I)cn1. The molecule has 0 aliphatic heterocycles. The third kappa shape index (κ3) is 23.5. The summed E-state index contributed by atoms with van der Waals surface area (Å²) in [5, 5.41) is 18.0. The quantitative estimate of drug-likeness (QED) is 0.0750. The van der Waals surface area contributed by atoms with Crippen LogP contribution in [-0.4, -0.2) is 66.7 Å². The van der Waals surface area contributed by atoms with Crippen molar-refractivity contribution < 1.29 is 19.1 Å². The van der Waals surface area contributed by atoms with Gasteiger partial charge < -0.3 is 36.3 Å². The van der Waals surface area contributed by atoms with E-state index in [1.165, 1.54) is 0 Å². The third-order valence-corrected chi connectivity index (χ3v) is 19.2. The van der Waals surface area contributed by atoms with Crippen LogP contribution in [0.15, 0.2) is 55.0 Å². The van der Waals surface area contributed by atoms with E-state index in [9.17, 15) is 0 Å². The number of aliphatic hydroxyl groups is 2. The molecule has 0 fully saturated rings. The summed E-state index contributed by atoms with van der Waals surface area (Å²) in [5.74, 6) is 16.1. The van der Waals surface area contributed by atoms with E-state index in [0.29, 0.717) is 17.5 Å². The van der Waals surface area contributed by atoms with Crippen LogP contribution in [0.4, 0.5) is 17.5 Å². The highest BCUT2D eigenvalue weighted by atomic mass is 127. The summed E-state index contributed by atoms with van der Waals surface area (Å²) in [6.45, 7) is 26.7. The number of anilines is 3. The summed E-state index contributed by atoms with van der Waals surface area (Å²) in [6, 6.07) is 10.8. The molecule has 13 heteroatoms. The molecule has 0 aliphatic carbocycles. The lowest BCUT2D eigenvalue weighted by atomic mass is 10.2. The van der Waals surface area contributed by atoms with Gasteiger partial charge in [-0.25, -0.2) is 15.0 Å². The minimum absolute atomic E-state index is 0.208. The van der Waals surface area contributed by atoms with Crippen molar-refractivity contribution in [1.29, 1.82) is 0 Å². The molecule has 3 aromatic heterocycles. The Morgan fingerprint density at radius 1 is 0.684 bits per heavy atom. The van der Waals surface area contributed by atoms with Gasteiger partial charge in [0.25, 0.3) is 0 Å². The van der Waals surface area contributed by atoms with Crippen LogP contribution >= 0.6 is 22.6 Å². The Morgan fingerprint density at radius 2 is 1.07 bits per heavy atom. The zero-order valence-corrected chi connectivity index (χ0v) is 40.6. The number of nitrogens with zero attached hydrogens (tertiary/aromatic N) is 3. The number of pyridine rings is 3. The molecule has 3 heterocycles. The molecule has 3 aromatic rings. The average Bonchev–Trinajstić information content (AvgIpc) is 3.13. The van der Waals surface area contributed by atoms with E-state index in [2.05, 4.69) is 149 Å². The van der Waals surface area contributed by atoms with Gasteiger partial charge in [0.05, 0.1) is 24.9 Å². The Hall–Kier alpha value is -3.47. The molecular weight excluding hydrogens is 860 g/mol. The molecule has 0 saturated heterocycles. The van der Waals surface area contributed by atoms with Gasteiger partial charge in [0.2, 0.25) is 0 Å². The van der Waals surface area contributed by atoms with Crippen LogP contribution in [-0.2, 0) is 8.85 Å². The minimum Gasteiger partial charge on any atom is -0.413 e. The van der Waals surface area contributed by atoms with Crippen molar-refractivity contribution in [3.63, 3.8) is 0 Å². The zero-order valence-electron chi connectivity index (χ0n) is 36.4. The van der Waals surface area contributed by atoms with E-state index in [-0.39, 0.29) is 35.3 Å². The van der Waals surface area contributed by atoms with E-state index < -0.39 is 22.7 Å². The molecule has 0 bridgehead atoms. The van der Waals surface area contributed by atoms with E-state index >= 15 is 0 Å². The Balaban J connectivity index is 0.000000770. The highest BCUT2D eigenvalue weighted by molar-refractivity contribution is 14.1. The lowest BCUT2D eigenvalue weighted by Gasteiger charge is -2.38. The van der Waals surface area contributed by atoms with E-state index in [0.717, 1.165) is 40.4 Å². The van der Waals surface area contributed by atoms with Crippen molar-refractivity contribution in [3.05, 3.63) is 69.7 Å². The Kier molecular flexibility index (Phi) is 24.9. The molecule has 0 unspecified atom stereocenters. The number of nitrogens with two attached hydrogens (primary N) is 3. The normalized spacial score (nSPS) is 12.7. The topological polar surface area (TPSA) is 176 Å². The van der Waals surface area contributed by atoms with Gasteiger partial charge in [0.15, 0.2) is 16.6 Å². The molecule has 57 heavy (non-hydrogen) atoms. The number of aliphatic hydroxyl groups excluding tert-OH is 2. The fraction of sp³-hybridized carbons (Fsp3) is 0.523. The number of terminal acetylenes is 1. The smallest absolute Gasteiger partial charge is 0.192 e. The van der Waals surface area contributed by atoms with Gasteiger partial charge >= 0.3 is 0 Å². The largest absolute Gasteiger partial charge is 0.413 e. The van der Waals surface area contributed by atoms with Crippen molar-refractivity contribution in [3.8, 4) is 36.0 Å². The van der Waals surface area contributed by atoms with Crippen LogP contribution in [0.25, 0.3) is 0 Å². The molecule has 8 N–H and O–H groups in total. The maximum absolute atomic E-state index is 8.99. The molecule has 0 radical (unpaired) electrons. The molecular formula is C44H69IN6O4Si2. The molecule has 3 rings (SSSR count). The first-order chi connectivity index (χ1) is 26.4. The van der Waals surface area contributed by atoms with Crippen LogP contribution in [0.1, 0.15) is 98.6 Å². The monoisotopic (exact) mass is 928 g/mol. The number of nitrogen functional groups attached to an aromatic ring is 3. The van der Waals surface area contributed by atoms with Gasteiger partial charge in [0.1, 0.15) is 17.5 Å². The highest BCUT2D eigenvalue weighted by Crippen LogP contribution is 2.38. The van der Waals surface area contributed by atoms with Crippen molar-refractivity contribution in [2.75, 3.05) is 23.8 Å². The van der Waals surface area contributed by atoms with Crippen molar-refractivity contribution in [1.82, 2.24) is 15.0 Å². The average molecular weight is 929 g/mol. The van der Waals surface area contributed by atoms with Crippen molar-refractivity contribution >= 4 is 56.7 Å². The number of hydrogen-bond donors (Lipinski definition) is 5. The first-order valence-electron chi connectivity index (χ1n) is 19.3. The van der Waals surface area contributed by atoms with Gasteiger partial charge in [-0.15, -0.1) is 12.3 Å². The maximum atomic E-state index is 8.99. The molecule has 10 nitrogen and oxygen atoms in total. The number of hydrogen-bond acceptors (Lipinski definition) is 10. The van der Waals surface area contributed by atoms with Crippen molar-refractivity contribution in [2.24, 2.45) is 0 Å². The zero-order chi connectivity index (χ0) is 43.9. The van der Waals surface area contributed by atoms with Gasteiger partial charge in [0, 0.05) is 52.6 Å². The van der Waals surface area contributed by atoms with E-state index in [1.807, 2.05) is 12.1 Å². The summed E-state index contributed by atoms with van der Waals surface area (Å²) in [6.07, 6.45) is 13.8. The Bertz CT molecular complexity index is 1710. The lowest BCUT2D eigenvalue weighted by molar-refractivity contribution is 0.0992. The summed E-state index contributed by atoms with van der Waals surface area (Å²) in [7, 11) is -3.34. The van der Waals surface area contributed by atoms with Crippen molar-refractivity contribution in [2.45, 2.75) is 142 Å². The summed E-state index contributed by atoms with van der Waals surface area (Å²) in [4.78, 5) is 11.7. The summed E-state index contributed by atoms with van der Waals surface area (Å²) >= 11 is 2.18. The Labute approximate surface area is 360 Å². The molecule has 314 valence electrons. The van der Waals surface area contributed by atoms with Crippen LogP contribution in [0.2, 0.25) is 36.3 Å². The minimum atomic E-state index is -1.72. The first-order valence-corrected chi connectivity index (χ1v) is 26.2. The van der Waals surface area contributed by atoms with Gasteiger partial charge in [-0.2, -0.15) is 0 Å². The molecule has 3 atom stereocenters. The van der Waals surface area contributed by atoms with Crippen LogP contribution in [0.5, 0.6) is 0 Å². The molecule has 0 aromatic carbocycles. The predicted octanol–water partition coefficient (Wildman–Crippen LogP) is 9.04. The van der Waals surface area contributed by atoms with Crippen LogP contribution in [0.3, 0.4) is 0 Å². The molecule has 0 aliphatic rings. The number of aromatic nitrogens is 3. The van der Waals surface area contributed by atoms with E-state index in [1.54, 1.807) is 42.9 Å². The van der Waals surface area contributed by atoms with Gasteiger partial charge in [-0.1, -0.05) is 79.1 Å². The lowest BCUT2D eigenvalue weighted by Crippen LogP contribution is -2.43. The fourth-order valence-corrected chi connectivity index (χ4v) is 7.00. The Morgan fingerprint density at radius 3 is 1.37 bits per heavy atom. The molecule has 0 saturated carbocycles. The first kappa shape index (κ1) is 53.5. The number of halogens is 1. The van der Waals surface area contributed by atoms with Crippen LogP contribution in [0, 0.1) is 39.6 Å². The standard InChI is InChI=1S/C17H28N2OSi.C12H24OSi.C10H12N2O2.C5H5IN2/c1-7-15(20-21(5,6)17(2,3)4)10-8-9-14-11-12-16(18)19-13-14;1-8-10-11(9-2)13-14(6,7)12(3,4)5;11-10-5-4-8(6-12-10)2-1-3-9(14)7-13;6-4-1-2-5(7)8-3-4/h11-13,15H,7,10H2,1-6H3,(H2,18,19);1,11H,9-10H2,2-7H3;4-6,9,13-14H,3,7H2,(H2,11,12);1-3H,(H2,7,8)/t15-;11-;9-;/m110./s1. The molecule has 0 spiro atoms. The van der Waals surface area contributed by atoms with Crippen LogP contribution < -0.4 is 17.2 Å². The predicted molar refractivity (Wildman–Crippen MR) is 253 cm³/mol. The van der Waals surface area contributed by atoms with Gasteiger partial charge in [-0.05, 0) is 108 Å². The van der Waals surface area contributed by atoms with E-state index in [4.69, 9.17) is 42.7 Å². The summed E-state index contributed by atoms with van der Waals surface area (Å²) in [5.41, 5.74) is 17.9. The number of rotatable bonds is 10. The van der Waals surface area contributed by atoms with Gasteiger partial charge in [-0.3, -0.25) is 0 Å². The third-order valence-electron chi connectivity index (χ3n) is 9.46. The second kappa shape index (κ2) is 26.5.